The molecule has 1 heterocycles. The summed E-state index contributed by atoms with van der Waals surface area (Å²) in [5, 5.41) is 13.8. The van der Waals surface area contributed by atoms with Gasteiger partial charge in [-0.25, -0.2) is 0 Å². The van der Waals surface area contributed by atoms with Crippen molar-refractivity contribution in [2.45, 2.75) is 24.5 Å². The van der Waals surface area contributed by atoms with Crippen molar-refractivity contribution >= 4 is 35.0 Å². The predicted octanol–water partition coefficient (Wildman–Crippen LogP) is 3.26. The third kappa shape index (κ3) is 3.24. The number of hydrogen-bond acceptors (Lipinski definition) is 4. The Labute approximate surface area is 126 Å². The number of nitrogens with zero attached hydrogens (tertiary/aromatic N) is 1. The highest BCUT2D eigenvalue weighted by atomic mass is 35.5. The number of benzene rings is 1. The lowest BCUT2D eigenvalue weighted by Gasteiger charge is -2.22. The van der Waals surface area contributed by atoms with Crippen LogP contribution in [-0.2, 0) is 0 Å². The molecule has 1 aromatic rings. The minimum atomic E-state index is -0.622. The molecule has 1 saturated heterocycles. The molecule has 2 rings (SSSR count). The zero-order chi connectivity index (χ0) is 14.8. The second-order valence-corrected chi connectivity index (χ2v) is 7.07. The van der Waals surface area contributed by atoms with Crippen molar-refractivity contribution < 1.29 is 9.72 Å². The Kier molecular flexibility index (Phi) is 4.55. The highest BCUT2D eigenvalue weighted by Gasteiger charge is 2.31. The first-order valence-electron chi connectivity index (χ1n) is 6.28. The van der Waals surface area contributed by atoms with Crippen LogP contribution in [0.1, 0.15) is 30.1 Å². The fourth-order valence-corrected chi connectivity index (χ4v) is 3.71. The molecular weight excluding hydrogens is 300 g/mol. The van der Waals surface area contributed by atoms with Crippen molar-refractivity contribution in [1.29, 1.82) is 0 Å². The van der Waals surface area contributed by atoms with Crippen LogP contribution in [0.3, 0.4) is 0 Å². The van der Waals surface area contributed by atoms with Crippen LogP contribution in [0.15, 0.2) is 18.2 Å². The second-order valence-electron chi connectivity index (χ2n) is 4.98. The zero-order valence-electron chi connectivity index (χ0n) is 11.0. The predicted molar refractivity (Wildman–Crippen MR) is 80.5 cm³/mol. The Bertz CT molecular complexity index is 544. The topological polar surface area (TPSA) is 72.2 Å². The second kappa shape index (κ2) is 6.01. The number of nitro groups is 1. The average molecular weight is 315 g/mol. The maximum atomic E-state index is 12.1. The van der Waals surface area contributed by atoms with Gasteiger partial charge in [0.2, 0.25) is 0 Å². The Morgan fingerprint density at radius 3 is 2.95 bits per heavy atom. The molecule has 1 fully saturated rings. The molecule has 20 heavy (non-hydrogen) atoms. The van der Waals surface area contributed by atoms with Gasteiger partial charge < -0.3 is 5.32 Å². The normalized spacial score (nSPS) is 21.7. The van der Waals surface area contributed by atoms with Gasteiger partial charge in [-0.05, 0) is 37.7 Å². The lowest BCUT2D eigenvalue weighted by Crippen LogP contribution is -2.37. The quantitative estimate of drug-likeness (QED) is 0.684. The van der Waals surface area contributed by atoms with Crippen molar-refractivity contribution in [1.82, 2.24) is 5.32 Å². The first-order valence-corrected chi connectivity index (χ1v) is 7.64. The first-order chi connectivity index (χ1) is 9.43. The van der Waals surface area contributed by atoms with Crippen molar-refractivity contribution in [2.75, 3.05) is 12.3 Å². The van der Waals surface area contributed by atoms with Gasteiger partial charge in [0.25, 0.3) is 5.91 Å². The van der Waals surface area contributed by atoms with Crippen LogP contribution in [0, 0.1) is 10.1 Å². The van der Waals surface area contributed by atoms with E-state index in [1.165, 1.54) is 18.2 Å². The monoisotopic (exact) mass is 314 g/mol. The number of halogens is 1. The van der Waals surface area contributed by atoms with E-state index in [0.29, 0.717) is 6.54 Å². The molecule has 1 aliphatic heterocycles. The average Bonchev–Trinajstić information content (AvgIpc) is 2.82. The number of carbonyl (C=O) groups is 1. The van der Waals surface area contributed by atoms with Gasteiger partial charge in [-0.3, -0.25) is 14.9 Å². The summed E-state index contributed by atoms with van der Waals surface area (Å²) in [4.78, 5) is 22.5. The number of hydrogen-bond donors (Lipinski definition) is 1. The maximum absolute atomic E-state index is 12.1. The Morgan fingerprint density at radius 2 is 2.35 bits per heavy atom. The Balaban J connectivity index is 2.13. The molecule has 1 atom stereocenters. The summed E-state index contributed by atoms with van der Waals surface area (Å²) in [5.41, 5.74) is -0.329. The number of thioether (sulfide) groups is 1. The molecular formula is C13H15ClN2O3S. The number of rotatable bonds is 4. The summed E-state index contributed by atoms with van der Waals surface area (Å²) in [7, 11) is 0. The van der Waals surface area contributed by atoms with Gasteiger partial charge in [0.15, 0.2) is 0 Å². The maximum Gasteiger partial charge on any atom is 0.300 e. The van der Waals surface area contributed by atoms with Crippen LogP contribution >= 0.6 is 23.4 Å². The lowest BCUT2D eigenvalue weighted by atomic mass is 10.1. The van der Waals surface area contributed by atoms with Gasteiger partial charge >= 0.3 is 5.69 Å². The minimum Gasteiger partial charge on any atom is -0.350 e. The lowest BCUT2D eigenvalue weighted by molar-refractivity contribution is -0.385. The standard InChI is InChI=1S/C13H15ClN2O3S/c1-13(6-3-7-20-13)8-15-12(17)9-4-2-5-10(14)11(9)16(18)19/h2,4-5H,3,6-8H2,1H3,(H,15,17). The van der Waals surface area contributed by atoms with E-state index >= 15 is 0 Å². The number of nitro benzene ring substituents is 1. The molecule has 0 spiro atoms. The van der Waals surface area contributed by atoms with Crippen LogP contribution in [0.5, 0.6) is 0 Å². The minimum absolute atomic E-state index is 0.00842. The van der Waals surface area contributed by atoms with E-state index in [9.17, 15) is 14.9 Å². The summed E-state index contributed by atoms with van der Waals surface area (Å²) >= 11 is 7.62. The molecule has 1 aliphatic rings. The number of carbonyl (C=O) groups excluding carboxylic acids is 1. The third-order valence-corrected chi connectivity index (χ3v) is 5.18. The van der Waals surface area contributed by atoms with E-state index in [0.717, 1.165) is 18.6 Å². The molecule has 5 nitrogen and oxygen atoms in total. The van der Waals surface area contributed by atoms with Crippen molar-refractivity contribution in [3.63, 3.8) is 0 Å². The molecule has 0 saturated carbocycles. The van der Waals surface area contributed by atoms with Crippen LogP contribution in [0.4, 0.5) is 5.69 Å². The van der Waals surface area contributed by atoms with Gasteiger partial charge in [-0.2, -0.15) is 11.8 Å². The number of amides is 1. The van der Waals surface area contributed by atoms with E-state index in [1.807, 2.05) is 11.8 Å². The van der Waals surface area contributed by atoms with Crippen molar-refractivity contribution in [2.24, 2.45) is 0 Å². The Morgan fingerprint density at radius 1 is 1.60 bits per heavy atom. The van der Waals surface area contributed by atoms with Crippen molar-refractivity contribution in [3.8, 4) is 0 Å². The molecule has 0 aromatic heterocycles. The zero-order valence-corrected chi connectivity index (χ0v) is 12.6. The van der Waals surface area contributed by atoms with E-state index < -0.39 is 10.8 Å². The number of nitrogens with one attached hydrogen (secondary N) is 1. The first kappa shape index (κ1) is 15.1. The summed E-state index contributed by atoms with van der Waals surface area (Å²) in [6.45, 7) is 2.59. The molecule has 1 amide bonds. The smallest absolute Gasteiger partial charge is 0.300 e. The highest BCUT2D eigenvalue weighted by molar-refractivity contribution is 8.00. The van der Waals surface area contributed by atoms with Crippen LogP contribution in [0.2, 0.25) is 5.02 Å². The molecule has 1 aromatic carbocycles. The fourth-order valence-electron chi connectivity index (χ4n) is 2.22. The van der Waals surface area contributed by atoms with Gasteiger partial charge in [0, 0.05) is 11.3 Å². The largest absolute Gasteiger partial charge is 0.350 e. The Hall–Kier alpha value is -1.27. The molecule has 0 bridgehead atoms. The van der Waals surface area contributed by atoms with E-state index in [1.54, 1.807) is 0 Å². The molecule has 108 valence electrons. The summed E-state index contributed by atoms with van der Waals surface area (Å²) in [6, 6.07) is 4.37. The van der Waals surface area contributed by atoms with Gasteiger partial charge in [-0.1, -0.05) is 17.7 Å². The van der Waals surface area contributed by atoms with Gasteiger partial charge in [0.05, 0.1) is 4.92 Å². The van der Waals surface area contributed by atoms with Crippen LogP contribution in [0.25, 0.3) is 0 Å². The molecule has 0 radical (unpaired) electrons. The highest BCUT2D eigenvalue weighted by Crippen LogP contribution is 2.37. The third-order valence-electron chi connectivity index (χ3n) is 3.34. The van der Waals surface area contributed by atoms with E-state index in [-0.39, 0.29) is 21.0 Å². The van der Waals surface area contributed by atoms with E-state index in [4.69, 9.17) is 11.6 Å². The number of para-hydroxylation sites is 1. The van der Waals surface area contributed by atoms with Crippen molar-refractivity contribution in [3.05, 3.63) is 38.9 Å². The van der Waals surface area contributed by atoms with Gasteiger partial charge in [-0.15, -0.1) is 0 Å². The fraction of sp³-hybridized carbons (Fsp3) is 0.462. The molecule has 1 N–H and O–H groups in total. The summed E-state index contributed by atoms with van der Waals surface area (Å²) < 4.78 is 0.0169. The van der Waals surface area contributed by atoms with Gasteiger partial charge in [0.1, 0.15) is 10.6 Å². The SMILES string of the molecule is CC1(CNC(=O)c2cccc(Cl)c2[N+](=O)[O-])CCCS1. The molecule has 1 unspecified atom stereocenters. The molecule has 7 heteroatoms. The van der Waals surface area contributed by atoms with Crippen LogP contribution < -0.4 is 5.32 Å². The summed E-state index contributed by atoms with van der Waals surface area (Å²) in [6.07, 6.45) is 2.17. The van der Waals surface area contributed by atoms with Crippen LogP contribution in [-0.4, -0.2) is 27.9 Å². The molecule has 0 aliphatic carbocycles. The summed E-state index contributed by atoms with van der Waals surface area (Å²) in [5.74, 6) is 0.636. The van der Waals surface area contributed by atoms with E-state index in [2.05, 4.69) is 12.2 Å².